The molecule has 0 fully saturated rings. The van der Waals surface area contributed by atoms with E-state index in [0.717, 1.165) is 27.0 Å². The number of rotatable bonds is 3. The molecule has 0 aliphatic carbocycles. The molecule has 1 aliphatic heterocycles. The molecule has 4 rings (SSSR count). The number of esters is 1. The second-order valence-corrected chi connectivity index (χ2v) is 7.76. The summed E-state index contributed by atoms with van der Waals surface area (Å²) in [6, 6.07) is 11.0. The van der Waals surface area contributed by atoms with Crippen LogP contribution in [0.1, 0.15) is 16.0 Å². The monoisotopic (exact) mass is 417 g/mol. The van der Waals surface area contributed by atoms with E-state index >= 15 is 0 Å². The molecule has 0 bridgehead atoms. The van der Waals surface area contributed by atoms with Gasteiger partial charge in [-0.2, -0.15) is 0 Å². The summed E-state index contributed by atoms with van der Waals surface area (Å²) < 4.78 is 11.6. The molecule has 0 spiro atoms. The van der Waals surface area contributed by atoms with Gasteiger partial charge in [-0.25, -0.2) is 9.79 Å². The fourth-order valence-corrected chi connectivity index (χ4v) is 4.55. The first kappa shape index (κ1) is 18.0. The first-order valence-electron chi connectivity index (χ1n) is 8.02. The van der Waals surface area contributed by atoms with E-state index in [9.17, 15) is 4.79 Å². The van der Waals surface area contributed by atoms with Gasteiger partial charge in [-0.1, -0.05) is 41.4 Å². The number of nitrogens with zero attached hydrogens (tertiary/aromatic N) is 1. The molecule has 136 valence electrons. The largest absolute Gasteiger partial charge is 0.496 e. The van der Waals surface area contributed by atoms with E-state index in [1.807, 2.05) is 37.3 Å². The van der Waals surface area contributed by atoms with E-state index in [-0.39, 0.29) is 11.6 Å². The van der Waals surface area contributed by atoms with Gasteiger partial charge in [0.1, 0.15) is 10.6 Å². The average molecular weight is 418 g/mol. The van der Waals surface area contributed by atoms with Crippen molar-refractivity contribution in [3.8, 4) is 5.75 Å². The Morgan fingerprint density at radius 3 is 2.81 bits per heavy atom. The minimum Gasteiger partial charge on any atom is -0.496 e. The maximum absolute atomic E-state index is 12.3. The van der Waals surface area contributed by atoms with Gasteiger partial charge < -0.3 is 9.47 Å². The molecular formula is C20H13Cl2NO3S. The second-order valence-electron chi connectivity index (χ2n) is 5.90. The average Bonchev–Trinajstić information content (AvgIpc) is 3.16. The first-order valence-corrected chi connectivity index (χ1v) is 9.59. The quantitative estimate of drug-likeness (QED) is 0.395. The van der Waals surface area contributed by atoms with Gasteiger partial charge in [-0.05, 0) is 42.3 Å². The lowest BCUT2D eigenvalue weighted by Crippen LogP contribution is -2.04. The summed E-state index contributed by atoms with van der Waals surface area (Å²) in [6.45, 7) is 1.92. The van der Waals surface area contributed by atoms with Crippen LogP contribution in [0.5, 0.6) is 5.75 Å². The summed E-state index contributed by atoms with van der Waals surface area (Å²) in [6.07, 6.45) is 1.69. The highest BCUT2D eigenvalue weighted by Gasteiger charge is 2.28. The Bertz CT molecular complexity index is 1150. The van der Waals surface area contributed by atoms with Gasteiger partial charge in [-0.3, -0.25) is 0 Å². The summed E-state index contributed by atoms with van der Waals surface area (Å²) in [5.41, 5.74) is 1.96. The maximum Gasteiger partial charge on any atom is 0.363 e. The highest BCUT2D eigenvalue weighted by atomic mass is 35.5. The zero-order chi connectivity index (χ0) is 19.1. The normalized spacial score (nSPS) is 15.3. The number of fused-ring (bicyclic) bond motifs is 1. The highest BCUT2D eigenvalue weighted by Crippen LogP contribution is 2.38. The SMILES string of the molecule is COc1cccc(/C=C2\N=C(c3sc4cc(Cl)ccc4c3Cl)OC2=O)c1C. The van der Waals surface area contributed by atoms with Crippen LogP contribution in [0.15, 0.2) is 47.1 Å². The Labute approximate surface area is 169 Å². The topological polar surface area (TPSA) is 47.9 Å². The Hall–Kier alpha value is -2.34. The Balaban J connectivity index is 1.77. The summed E-state index contributed by atoms with van der Waals surface area (Å²) in [5, 5.41) is 1.96. The Kier molecular flexibility index (Phi) is 4.68. The predicted molar refractivity (Wildman–Crippen MR) is 110 cm³/mol. The molecule has 7 heteroatoms. The molecule has 0 radical (unpaired) electrons. The summed E-state index contributed by atoms with van der Waals surface area (Å²) in [4.78, 5) is 17.3. The predicted octanol–water partition coefficient (Wildman–Crippen LogP) is 5.87. The molecule has 4 nitrogen and oxygen atoms in total. The number of halogens is 2. The van der Waals surface area contributed by atoms with Crippen molar-refractivity contribution < 1.29 is 14.3 Å². The second kappa shape index (κ2) is 7.00. The van der Waals surface area contributed by atoms with Crippen LogP contribution in [0, 0.1) is 6.92 Å². The van der Waals surface area contributed by atoms with Crippen molar-refractivity contribution in [2.75, 3.05) is 7.11 Å². The number of thiophene rings is 1. The molecule has 0 saturated carbocycles. The van der Waals surface area contributed by atoms with Crippen molar-refractivity contribution in [2.24, 2.45) is 4.99 Å². The lowest BCUT2D eigenvalue weighted by molar-refractivity contribution is -0.129. The lowest BCUT2D eigenvalue weighted by Gasteiger charge is -2.06. The van der Waals surface area contributed by atoms with Crippen molar-refractivity contribution in [1.82, 2.24) is 0 Å². The molecule has 0 N–H and O–H groups in total. The van der Waals surface area contributed by atoms with E-state index in [2.05, 4.69) is 4.99 Å². The molecule has 0 unspecified atom stereocenters. The van der Waals surface area contributed by atoms with E-state index in [1.54, 1.807) is 19.3 Å². The van der Waals surface area contributed by atoms with Gasteiger partial charge in [0.15, 0.2) is 5.70 Å². The molecule has 2 heterocycles. The lowest BCUT2D eigenvalue weighted by atomic mass is 10.1. The number of hydrogen-bond acceptors (Lipinski definition) is 5. The molecule has 0 atom stereocenters. The van der Waals surface area contributed by atoms with Crippen LogP contribution >= 0.6 is 34.5 Å². The third-order valence-corrected chi connectivity index (χ3v) is 6.12. The molecule has 0 saturated heterocycles. The smallest absolute Gasteiger partial charge is 0.363 e. The minimum atomic E-state index is -0.515. The van der Waals surface area contributed by atoms with Crippen LogP contribution < -0.4 is 4.74 Å². The molecule has 0 amide bonds. The molecule has 1 aromatic heterocycles. The first-order chi connectivity index (χ1) is 13.0. The number of cyclic esters (lactones) is 1. The number of benzene rings is 2. The van der Waals surface area contributed by atoms with E-state index in [0.29, 0.717) is 14.9 Å². The fourth-order valence-electron chi connectivity index (χ4n) is 2.84. The van der Waals surface area contributed by atoms with E-state index < -0.39 is 5.97 Å². The van der Waals surface area contributed by atoms with Crippen LogP contribution in [0.3, 0.4) is 0 Å². The number of carbonyl (C=O) groups excluding carboxylic acids is 1. The third kappa shape index (κ3) is 3.23. The summed E-state index contributed by atoms with van der Waals surface area (Å²) in [5.74, 6) is 0.428. The number of carbonyl (C=O) groups is 1. The molecular weight excluding hydrogens is 405 g/mol. The summed E-state index contributed by atoms with van der Waals surface area (Å²) >= 11 is 13.9. The van der Waals surface area contributed by atoms with Crippen LogP contribution in [0.25, 0.3) is 16.2 Å². The molecule has 27 heavy (non-hydrogen) atoms. The third-order valence-electron chi connectivity index (χ3n) is 4.24. The number of hydrogen-bond donors (Lipinski definition) is 0. The zero-order valence-electron chi connectivity index (χ0n) is 14.4. The van der Waals surface area contributed by atoms with Crippen LogP contribution in [0.4, 0.5) is 0 Å². The zero-order valence-corrected chi connectivity index (χ0v) is 16.7. The van der Waals surface area contributed by atoms with Gasteiger partial charge in [0, 0.05) is 15.1 Å². The highest BCUT2D eigenvalue weighted by molar-refractivity contribution is 7.21. The van der Waals surface area contributed by atoms with Crippen molar-refractivity contribution in [3.63, 3.8) is 0 Å². The Morgan fingerprint density at radius 2 is 2.04 bits per heavy atom. The van der Waals surface area contributed by atoms with Gasteiger partial charge in [0.2, 0.25) is 5.90 Å². The van der Waals surface area contributed by atoms with Crippen molar-refractivity contribution in [1.29, 1.82) is 0 Å². The molecule has 3 aromatic rings. The minimum absolute atomic E-state index is 0.203. The number of aliphatic imine (C=N–C) groups is 1. The van der Waals surface area contributed by atoms with E-state index in [4.69, 9.17) is 32.7 Å². The van der Waals surface area contributed by atoms with Crippen LogP contribution in [-0.4, -0.2) is 19.0 Å². The standard InChI is InChI=1S/C20H13Cl2NO3S/c1-10-11(4-3-5-15(10)25-2)8-14-20(24)26-19(23-14)18-17(22)13-7-6-12(21)9-16(13)27-18/h3-9H,1-2H3/b14-8-. The van der Waals surface area contributed by atoms with E-state index in [1.165, 1.54) is 11.3 Å². The van der Waals surface area contributed by atoms with Gasteiger partial charge in [0.05, 0.1) is 12.1 Å². The maximum atomic E-state index is 12.3. The van der Waals surface area contributed by atoms with Crippen molar-refractivity contribution in [3.05, 3.63) is 68.1 Å². The molecule has 1 aliphatic rings. The van der Waals surface area contributed by atoms with Crippen molar-refractivity contribution >= 4 is 62.6 Å². The van der Waals surface area contributed by atoms with Crippen LogP contribution in [0.2, 0.25) is 10.0 Å². The van der Waals surface area contributed by atoms with Gasteiger partial charge in [-0.15, -0.1) is 11.3 Å². The fraction of sp³-hybridized carbons (Fsp3) is 0.100. The Morgan fingerprint density at radius 1 is 1.22 bits per heavy atom. The number of methoxy groups -OCH3 is 1. The molecule has 2 aromatic carbocycles. The van der Waals surface area contributed by atoms with Gasteiger partial charge in [0.25, 0.3) is 0 Å². The summed E-state index contributed by atoms with van der Waals surface area (Å²) in [7, 11) is 1.61. The number of ether oxygens (including phenoxy) is 2. The van der Waals surface area contributed by atoms with Crippen molar-refractivity contribution in [2.45, 2.75) is 6.92 Å². The van der Waals surface area contributed by atoms with Crippen LogP contribution in [-0.2, 0) is 9.53 Å². The van der Waals surface area contributed by atoms with Gasteiger partial charge >= 0.3 is 5.97 Å².